The lowest BCUT2D eigenvalue weighted by atomic mass is 9.94. The predicted molar refractivity (Wildman–Crippen MR) is 127 cm³/mol. The minimum Gasteiger partial charge on any atom is -0.491 e. The van der Waals surface area contributed by atoms with Crippen LogP contribution in [0.2, 0.25) is 0 Å². The van der Waals surface area contributed by atoms with Gasteiger partial charge in [0.25, 0.3) is 5.91 Å². The predicted octanol–water partition coefficient (Wildman–Crippen LogP) is 2.19. The van der Waals surface area contributed by atoms with Gasteiger partial charge in [-0.05, 0) is 42.5 Å². The molecule has 9 nitrogen and oxygen atoms in total. The van der Waals surface area contributed by atoms with Crippen LogP contribution in [0.4, 0.5) is 14.9 Å². The molecule has 0 aromatic heterocycles. The van der Waals surface area contributed by atoms with Crippen LogP contribution in [0.1, 0.15) is 22.0 Å². The maximum absolute atomic E-state index is 13.3. The lowest BCUT2D eigenvalue weighted by Gasteiger charge is -2.43. The molecule has 186 valence electrons. The molecule has 35 heavy (non-hydrogen) atoms. The van der Waals surface area contributed by atoms with Crippen LogP contribution < -0.4 is 15.0 Å². The number of halogens is 1. The molecule has 2 fully saturated rings. The molecule has 0 unspecified atom stereocenters. The molecule has 2 N–H and O–H groups in total. The van der Waals surface area contributed by atoms with Crippen molar-refractivity contribution < 1.29 is 28.6 Å². The number of anilines is 1. The largest absolute Gasteiger partial charge is 0.491 e. The summed E-state index contributed by atoms with van der Waals surface area (Å²) in [4.78, 5) is 30.7. The van der Waals surface area contributed by atoms with E-state index in [0.29, 0.717) is 17.4 Å². The van der Waals surface area contributed by atoms with Crippen LogP contribution in [-0.2, 0) is 4.74 Å². The highest BCUT2D eigenvalue weighted by atomic mass is 19.1. The molecule has 3 heterocycles. The van der Waals surface area contributed by atoms with Crippen LogP contribution in [0.25, 0.3) is 0 Å². The number of ether oxygens (including phenoxy) is 2. The monoisotopic (exact) mass is 484 g/mol. The van der Waals surface area contributed by atoms with Crippen LogP contribution in [-0.4, -0.2) is 92.0 Å². The highest BCUT2D eigenvalue weighted by Gasteiger charge is 2.37. The van der Waals surface area contributed by atoms with Crippen molar-refractivity contribution in [2.45, 2.75) is 18.1 Å². The zero-order valence-corrected chi connectivity index (χ0v) is 19.5. The zero-order chi connectivity index (χ0) is 24.5. The van der Waals surface area contributed by atoms with Gasteiger partial charge < -0.3 is 29.7 Å². The highest BCUT2D eigenvalue weighted by molar-refractivity contribution is 5.94. The molecule has 2 saturated heterocycles. The van der Waals surface area contributed by atoms with Gasteiger partial charge in [-0.1, -0.05) is 0 Å². The van der Waals surface area contributed by atoms with Gasteiger partial charge in [0.15, 0.2) is 0 Å². The van der Waals surface area contributed by atoms with Gasteiger partial charge in [-0.15, -0.1) is 0 Å². The number of hydrogen-bond donors (Lipinski definition) is 2. The third-order valence-electron chi connectivity index (χ3n) is 7.13. The van der Waals surface area contributed by atoms with Gasteiger partial charge in [-0.2, -0.15) is 0 Å². The van der Waals surface area contributed by atoms with E-state index in [9.17, 15) is 19.1 Å². The van der Waals surface area contributed by atoms with Crippen LogP contribution in [0.5, 0.6) is 5.75 Å². The summed E-state index contributed by atoms with van der Waals surface area (Å²) >= 11 is 0. The Morgan fingerprint density at radius 2 is 1.77 bits per heavy atom. The molecule has 5 rings (SSSR count). The lowest BCUT2D eigenvalue weighted by molar-refractivity contribution is -0.0660. The summed E-state index contributed by atoms with van der Waals surface area (Å²) in [7, 11) is 1.46. The van der Waals surface area contributed by atoms with Crippen LogP contribution in [0.15, 0.2) is 42.5 Å². The summed E-state index contributed by atoms with van der Waals surface area (Å²) in [5.41, 5.74) is 2.01. The number of benzene rings is 2. The van der Waals surface area contributed by atoms with E-state index in [1.54, 1.807) is 0 Å². The van der Waals surface area contributed by atoms with E-state index >= 15 is 0 Å². The fraction of sp³-hybridized carbons (Fsp3) is 0.440. The molecule has 2 atom stereocenters. The fourth-order valence-electron chi connectivity index (χ4n) is 4.84. The number of likely N-dealkylation sites (N-methyl/N-ethyl adjacent to an activating group) is 1. The molecule has 0 bridgehead atoms. The van der Waals surface area contributed by atoms with Crippen molar-refractivity contribution in [1.29, 1.82) is 0 Å². The molecule has 2 aromatic carbocycles. The van der Waals surface area contributed by atoms with E-state index in [2.05, 4.69) is 15.1 Å². The van der Waals surface area contributed by atoms with Crippen molar-refractivity contribution in [3.63, 3.8) is 0 Å². The normalized spacial score (nSPS) is 22.5. The summed E-state index contributed by atoms with van der Waals surface area (Å²) < 4.78 is 24.6. The van der Waals surface area contributed by atoms with E-state index in [-0.39, 0.29) is 6.61 Å². The van der Waals surface area contributed by atoms with Crippen molar-refractivity contribution in [3.05, 3.63) is 59.4 Å². The summed E-state index contributed by atoms with van der Waals surface area (Å²) in [6.45, 7) is 5.30. The zero-order valence-electron chi connectivity index (χ0n) is 19.5. The first-order chi connectivity index (χ1) is 16.9. The lowest BCUT2D eigenvalue weighted by Crippen LogP contribution is -2.56. The molecule has 2 aromatic rings. The average Bonchev–Trinajstić information content (AvgIpc) is 2.83. The Morgan fingerprint density at radius 3 is 2.40 bits per heavy atom. The number of nitrogens with one attached hydrogen (secondary N) is 1. The SMILES string of the molecule is CN(C(=O)O)[C@H]1COc2ccc(N3CCN(C4COC4)CC3)cc2[C@@H]1NC(=O)c1ccc(F)cc1. The Hall–Kier alpha value is -3.37. The number of carbonyl (C=O) groups is 2. The number of fused-ring (bicyclic) bond motifs is 1. The highest BCUT2D eigenvalue weighted by Crippen LogP contribution is 2.37. The first kappa shape index (κ1) is 23.4. The Labute approximate surface area is 203 Å². The van der Waals surface area contributed by atoms with Gasteiger partial charge in [0.2, 0.25) is 0 Å². The Bertz CT molecular complexity index is 1090. The fourth-order valence-corrected chi connectivity index (χ4v) is 4.84. The van der Waals surface area contributed by atoms with Crippen LogP contribution >= 0.6 is 0 Å². The summed E-state index contributed by atoms with van der Waals surface area (Å²) in [6, 6.07) is 10.4. The van der Waals surface area contributed by atoms with Gasteiger partial charge in [-0.3, -0.25) is 9.69 Å². The van der Waals surface area contributed by atoms with E-state index in [1.807, 2.05) is 18.2 Å². The van der Waals surface area contributed by atoms with Gasteiger partial charge in [0.05, 0.1) is 31.3 Å². The van der Waals surface area contributed by atoms with Crippen LogP contribution in [0.3, 0.4) is 0 Å². The summed E-state index contributed by atoms with van der Waals surface area (Å²) in [6.07, 6.45) is -1.12. The first-order valence-electron chi connectivity index (χ1n) is 11.8. The number of nitrogens with zero attached hydrogens (tertiary/aromatic N) is 3. The van der Waals surface area contributed by atoms with E-state index in [1.165, 1.54) is 31.3 Å². The molecule has 10 heteroatoms. The summed E-state index contributed by atoms with van der Waals surface area (Å²) in [5, 5.41) is 12.6. The third-order valence-corrected chi connectivity index (χ3v) is 7.13. The molecule has 0 spiro atoms. The van der Waals surface area contributed by atoms with Gasteiger partial charge in [0, 0.05) is 50.0 Å². The number of amides is 2. The Kier molecular flexibility index (Phi) is 6.48. The van der Waals surface area contributed by atoms with Crippen molar-refractivity contribution in [2.24, 2.45) is 0 Å². The second-order valence-corrected chi connectivity index (χ2v) is 9.17. The number of piperazine rings is 1. The summed E-state index contributed by atoms with van der Waals surface area (Å²) in [5.74, 6) is -0.233. The maximum atomic E-state index is 13.3. The Morgan fingerprint density at radius 1 is 1.06 bits per heavy atom. The molecule has 0 radical (unpaired) electrons. The third kappa shape index (κ3) is 4.76. The topological polar surface area (TPSA) is 94.6 Å². The molecule has 0 aliphatic carbocycles. The van der Waals surface area contributed by atoms with Crippen molar-refractivity contribution in [2.75, 3.05) is 57.9 Å². The minimum absolute atomic E-state index is 0.103. The quantitative estimate of drug-likeness (QED) is 0.672. The average molecular weight is 485 g/mol. The van der Waals surface area contributed by atoms with E-state index in [0.717, 1.165) is 55.5 Å². The molecular formula is C25H29FN4O5. The standard InChI is InChI=1S/C25H29FN4O5/c1-28(25(32)33)21-15-35-22-7-6-18(29-8-10-30(11-9-29)19-13-34-14-19)12-20(22)23(21)27-24(31)16-2-4-17(26)5-3-16/h2-7,12,19,21,23H,8-11,13-15H2,1H3,(H,27,31)(H,32,33)/t21-,23-/m0/s1. The smallest absolute Gasteiger partial charge is 0.407 e. The van der Waals surface area contributed by atoms with Gasteiger partial charge >= 0.3 is 6.09 Å². The van der Waals surface area contributed by atoms with Crippen LogP contribution in [0, 0.1) is 5.82 Å². The minimum atomic E-state index is -1.12. The van der Waals surface area contributed by atoms with Gasteiger partial charge in [0.1, 0.15) is 18.2 Å². The maximum Gasteiger partial charge on any atom is 0.407 e. The number of carbonyl (C=O) groups excluding carboxylic acids is 1. The molecule has 3 aliphatic rings. The molecule has 2 amide bonds. The first-order valence-corrected chi connectivity index (χ1v) is 11.8. The van der Waals surface area contributed by atoms with E-state index < -0.39 is 29.9 Å². The molecule has 0 saturated carbocycles. The molecule has 3 aliphatic heterocycles. The number of carboxylic acid groups (broad SMARTS) is 1. The second kappa shape index (κ2) is 9.71. The van der Waals surface area contributed by atoms with Crippen molar-refractivity contribution in [1.82, 2.24) is 15.1 Å². The second-order valence-electron chi connectivity index (χ2n) is 9.17. The Balaban J connectivity index is 1.40. The van der Waals surface area contributed by atoms with Gasteiger partial charge in [-0.25, -0.2) is 9.18 Å². The number of hydrogen-bond acceptors (Lipinski definition) is 6. The molecular weight excluding hydrogens is 455 g/mol. The van der Waals surface area contributed by atoms with E-state index in [4.69, 9.17) is 9.47 Å². The number of rotatable bonds is 5. The van der Waals surface area contributed by atoms with Crippen molar-refractivity contribution in [3.8, 4) is 5.75 Å². The van der Waals surface area contributed by atoms with Crippen molar-refractivity contribution >= 4 is 17.7 Å².